The fraction of sp³-hybridized carbons (Fsp3) is 0.909. The lowest BCUT2D eigenvalue weighted by Crippen LogP contribution is -2.44. The zero-order valence-electron chi connectivity index (χ0n) is 10.9. The minimum atomic E-state index is -0.811. The molecule has 0 aromatic rings. The topological polar surface area (TPSA) is 100 Å². The number of rotatable bonds is 9. The van der Waals surface area contributed by atoms with Gasteiger partial charge < -0.3 is 26.1 Å². The molecule has 0 saturated heterocycles. The summed E-state index contributed by atoms with van der Waals surface area (Å²) in [6.45, 7) is 4.74. The van der Waals surface area contributed by atoms with Crippen molar-refractivity contribution in [2.75, 3.05) is 20.3 Å². The van der Waals surface area contributed by atoms with E-state index in [0.29, 0.717) is 26.0 Å². The van der Waals surface area contributed by atoms with Crippen LogP contribution in [0.2, 0.25) is 0 Å². The van der Waals surface area contributed by atoms with Gasteiger partial charge in [0, 0.05) is 39.1 Å². The molecular weight excluding hydrogens is 222 g/mol. The maximum absolute atomic E-state index is 10.0. The van der Waals surface area contributed by atoms with Gasteiger partial charge >= 0.3 is 0 Å². The maximum atomic E-state index is 10.0. The molecule has 0 spiro atoms. The number of nitrogens with zero attached hydrogens (tertiary/aromatic N) is 1. The molecule has 0 aromatic carbocycles. The van der Waals surface area contributed by atoms with Gasteiger partial charge in [-0.1, -0.05) is 12.1 Å². The Hall–Kier alpha value is -0.850. The summed E-state index contributed by atoms with van der Waals surface area (Å²) < 4.78 is 4.93. The summed E-state index contributed by atoms with van der Waals surface area (Å²) in [6.07, 6.45) is 1.88. The number of methoxy groups -OCH3 is 1. The third kappa shape index (κ3) is 7.95. The predicted octanol–water partition coefficient (Wildman–Crippen LogP) is 0.279. The third-order valence-electron chi connectivity index (χ3n) is 2.69. The Morgan fingerprint density at radius 3 is 2.71 bits per heavy atom. The average molecular weight is 247 g/mol. The molecule has 0 amide bonds. The number of nitrogens with two attached hydrogens (primary N) is 1. The lowest BCUT2D eigenvalue weighted by molar-refractivity contribution is 0.0228. The van der Waals surface area contributed by atoms with Crippen molar-refractivity contribution in [1.82, 2.24) is 5.32 Å². The number of oxime groups is 1. The Balaban J connectivity index is 4.04. The van der Waals surface area contributed by atoms with Crippen LogP contribution in [0.3, 0.4) is 0 Å². The number of ether oxygens (including phenoxy) is 1. The Morgan fingerprint density at radius 1 is 1.59 bits per heavy atom. The van der Waals surface area contributed by atoms with Gasteiger partial charge in [0.1, 0.15) is 5.84 Å². The average Bonchev–Trinajstić information content (AvgIpc) is 2.31. The second-order valence-corrected chi connectivity index (χ2v) is 4.52. The predicted molar refractivity (Wildman–Crippen MR) is 67.2 cm³/mol. The van der Waals surface area contributed by atoms with Crippen molar-refractivity contribution in [3.8, 4) is 0 Å². The van der Waals surface area contributed by atoms with Crippen molar-refractivity contribution in [3.63, 3.8) is 0 Å². The van der Waals surface area contributed by atoms with Crippen molar-refractivity contribution >= 4 is 5.84 Å². The standard InChI is InChI=1S/C11H25N3O3/c1-4-9(7-10(12)14-16)13-8-11(2,15)5-6-17-3/h9,13,15-16H,4-8H2,1-3H3,(H2,12,14). The van der Waals surface area contributed by atoms with Crippen LogP contribution in [0.25, 0.3) is 0 Å². The molecule has 2 unspecified atom stereocenters. The van der Waals surface area contributed by atoms with Crippen molar-refractivity contribution in [2.24, 2.45) is 10.9 Å². The highest BCUT2D eigenvalue weighted by molar-refractivity contribution is 5.80. The first-order valence-corrected chi connectivity index (χ1v) is 5.86. The van der Waals surface area contributed by atoms with Gasteiger partial charge in [-0.3, -0.25) is 0 Å². The van der Waals surface area contributed by atoms with Crippen LogP contribution in [0, 0.1) is 0 Å². The Bertz CT molecular complexity index is 232. The van der Waals surface area contributed by atoms with Gasteiger partial charge in [-0.05, 0) is 13.3 Å². The van der Waals surface area contributed by atoms with Crippen molar-refractivity contribution in [3.05, 3.63) is 0 Å². The van der Waals surface area contributed by atoms with E-state index < -0.39 is 5.60 Å². The molecule has 0 fully saturated rings. The summed E-state index contributed by atoms with van der Waals surface area (Å²) in [5, 5.41) is 24.7. The SMILES string of the molecule is CCC(CC(N)=NO)NCC(C)(O)CCOC. The zero-order chi connectivity index (χ0) is 13.3. The number of amidine groups is 1. The van der Waals surface area contributed by atoms with Crippen LogP contribution in [0.15, 0.2) is 5.16 Å². The molecule has 0 aliphatic heterocycles. The molecule has 0 aliphatic rings. The molecule has 2 atom stereocenters. The van der Waals surface area contributed by atoms with Gasteiger partial charge in [0.25, 0.3) is 0 Å². The largest absolute Gasteiger partial charge is 0.409 e. The van der Waals surface area contributed by atoms with Crippen LogP contribution in [-0.2, 0) is 4.74 Å². The molecule has 0 saturated carbocycles. The van der Waals surface area contributed by atoms with E-state index in [2.05, 4.69) is 10.5 Å². The van der Waals surface area contributed by atoms with Crippen LogP contribution in [-0.4, -0.2) is 48.1 Å². The smallest absolute Gasteiger partial charge is 0.140 e. The van der Waals surface area contributed by atoms with E-state index in [1.807, 2.05) is 6.92 Å². The molecule has 0 aliphatic carbocycles. The van der Waals surface area contributed by atoms with Gasteiger partial charge in [0.2, 0.25) is 0 Å². The highest BCUT2D eigenvalue weighted by atomic mass is 16.5. The normalized spacial score (nSPS) is 17.8. The Kier molecular flexibility index (Phi) is 7.86. The first-order valence-electron chi connectivity index (χ1n) is 5.86. The first-order chi connectivity index (χ1) is 7.95. The number of hydrogen-bond donors (Lipinski definition) is 4. The summed E-state index contributed by atoms with van der Waals surface area (Å²) in [6, 6.07) is 0.0971. The lowest BCUT2D eigenvalue weighted by Gasteiger charge is -2.26. The summed E-state index contributed by atoms with van der Waals surface area (Å²) >= 11 is 0. The molecule has 0 aromatic heterocycles. The quantitative estimate of drug-likeness (QED) is 0.203. The molecule has 0 rings (SSSR count). The molecule has 0 radical (unpaired) electrons. The molecule has 17 heavy (non-hydrogen) atoms. The van der Waals surface area contributed by atoms with Crippen LogP contribution >= 0.6 is 0 Å². The molecule has 0 bridgehead atoms. The summed E-state index contributed by atoms with van der Waals surface area (Å²) in [5.74, 6) is 0.195. The highest BCUT2D eigenvalue weighted by Gasteiger charge is 2.21. The molecule has 6 nitrogen and oxygen atoms in total. The first kappa shape index (κ1) is 16.1. The molecular formula is C11H25N3O3. The van der Waals surface area contributed by atoms with Crippen molar-refractivity contribution < 1.29 is 15.1 Å². The maximum Gasteiger partial charge on any atom is 0.140 e. The van der Waals surface area contributed by atoms with E-state index in [1.165, 1.54) is 0 Å². The molecule has 5 N–H and O–H groups in total. The molecule has 102 valence electrons. The number of nitrogens with one attached hydrogen (secondary N) is 1. The van der Waals surface area contributed by atoms with Gasteiger partial charge in [-0.15, -0.1) is 0 Å². The fourth-order valence-corrected chi connectivity index (χ4v) is 1.43. The minimum Gasteiger partial charge on any atom is -0.409 e. The van der Waals surface area contributed by atoms with E-state index in [9.17, 15) is 5.11 Å². The van der Waals surface area contributed by atoms with Gasteiger partial charge in [-0.25, -0.2) is 0 Å². The van der Waals surface area contributed by atoms with E-state index in [0.717, 1.165) is 6.42 Å². The van der Waals surface area contributed by atoms with Gasteiger partial charge in [0.05, 0.1) is 5.60 Å². The van der Waals surface area contributed by atoms with E-state index in [4.69, 9.17) is 15.7 Å². The minimum absolute atomic E-state index is 0.0971. The lowest BCUT2D eigenvalue weighted by atomic mass is 10.0. The second kappa shape index (κ2) is 8.27. The van der Waals surface area contributed by atoms with Crippen LogP contribution in [0.1, 0.15) is 33.1 Å². The number of aliphatic hydroxyl groups is 1. The summed E-state index contributed by atoms with van der Waals surface area (Å²) in [4.78, 5) is 0. The monoisotopic (exact) mass is 247 g/mol. The van der Waals surface area contributed by atoms with E-state index in [1.54, 1.807) is 14.0 Å². The fourth-order valence-electron chi connectivity index (χ4n) is 1.43. The van der Waals surface area contributed by atoms with Crippen LogP contribution in [0.4, 0.5) is 0 Å². The molecule has 0 heterocycles. The summed E-state index contributed by atoms with van der Waals surface area (Å²) in [5.41, 5.74) is 4.64. The van der Waals surface area contributed by atoms with Crippen molar-refractivity contribution in [2.45, 2.75) is 44.8 Å². The van der Waals surface area contributed by atoms with Crippen LogP contribution < -0.4 is 11.1 Å². The van der Waals surface area contributed by atoms with E-state index >= 15 is 0 Å². The summed E-state index contributed by atoms with van der Waals surface area (Å²) in [7, 11) is 1.61. The zero-order valence-corrected chi connectivity index (χ0v) is 10.9. The van der Waals surface area contributed by atoms with Crippen molar-refractivity contribution in [1.29, 1.82) is 0 Å². The molecule has 6 heteroatoms. The van der Waals surface area contributed by atoms with Gasteiger partial charge in [-0.2, -0.15) is 0 Å². The second-order valence-electron chi connectivity index (χ2n) is 4.52. The highest BCUT2D eigenvalue weighted by Crippen LogP contribution is 2.09. The Morgan fingerprint density at radius 2 is 2.24 bits per heavy atom. The van der Waals surface area contributed by atoms with Crippen LogP contribution in [0.5, 0.6) is 0 Å². The van der Waals surface area contributed by atoms with E-state index in [-0.39, 0.29) is 11.9 Å². The Labute approximate surface area is 103 Å². The van der Waals surface area contributed by atoms with Gasteiger partial charge in [0.15, 0.2) is 0 Å². The number of hydrogen-bond acceptors (Lipinski definition) is 5. The third-order valence-corrected chi connectivity index (χ3v) is 2.69.